The van der Waals surface area contributed by atoms with Gasteiger partial charge in [0.2, 0.25) is 5.91 Å². The quantitative estimate of drug-likeness (QED) is 0.813. The zero-order chi connectivity index (χ0) is 15.2. The molecular formula is C16H15Cl2NOS. The maximum Gasteiger partial charge on any atom is 0.234 e. The highest BCUT2D eigenvalue weighted by Gasteiger charge is 2.05. The number of thioether (sulfide) groups is 1. The van der Waals surface area contributed by atoms with Crippen molar-refractivity contribution in [3.05, 3.63) is 63.6 Å². The number of halogens is 2. The van der Waals surface area contributed by atoms with E-state index in [1.807, 2.05) is 6.07 Å². The summed E-state index contributed by atoms with van der Waals surface area (Å²) in [5.41, 5.74) is 3.11. The lowest BCUT2D eigenvalue weighted by molar-refractivity contribution is -0.113. The van der Waals surface area contributed by atoms with Gasteiger partial charge in [0.1, 0.15) is 0 Å². The number of benzene rings is 2. The monoisotopic (exact) mass is 339 g/mol. The van der Waals surface area contributed by atoms with Gasteiger partial charge < -0.3 is 5.32 Å². The van der Waals surface area contributed by atoms with Crippen molar-refractivity contribution in [3.63, 3.8) is 0 Å². The zero-order valence-electron chi connectivity index (χ0n) is 11.5. The maximum absolute atomic E-state index is 11.9. The third-order valence-corrected chi connectivity index (χ3v) is 4.53. The molecule has 0 radical (unpaired) electrons. The number of carbonyl (C=O) groups excluding carboxylic acids is 1. The van der Waals surface area contributed by atoms with Gasteiger partial charge >= 0.3 is 0 Å². The van der Waals surface area contributed by atoms with E-state index in [2.05, 4.69) is 30.4 Å². The van der Waals surface area contributed by atoms with Crippen molar-refractivity contribution in [1.82, 2.24) is 0 Å². The van der Waals surface area contributed by atoms with Crippen LogP contribution in [0.1, 0.15) is 11.1 Å². The van der Waals surface area contributed by atoms with Crippen molar-refractivity contribution in [2.45, 2.75) is 12.7 Å². The number of anilines is 1. The Morgan fingerprint density at radius 1 is 1.14 bits per heavy atom. The van der Waals surface area contributed by atoms with Crippen LogP contribution in [0.15, 0.2) is 42.5 Å². The van der Waals surface area contributed by atoms with Crippen LogP contribution in [0.25, 0.3) is 0 Å². The summed E-state index contributed by atoms with van der Waals surface area (Å²) in [6, 6.07) is 13.3. The molecule has 0 atom stereocenters. The van der Waals surface area contributed by atoms with Crippen LogP contribution in [0.3, 0.4) is 0 Å². The fraction of sp³-hybridized carbons (Fsp3) is 0.188. The third kappa shape index (κ3) is 5.27. The van der Waals surface area contributed by atoms with Crippen LogP contribution in [-0.2, 0) is 10.5 Å². The van der Waals surface area contributed by atoms with E-state index in [1.54, 1.807) is 30.0 Å². The molecule has 0 saturated carbocycles. The van der Waals surface area contributed by atoms with Crippen LogP contribution < -0.4 is 5.32 Å². The molecule has 0 saturated heterocycles. The van der Waals surface area contributed by atoms with Crippen molar-refractivity contribution in [3.8, 4) is 0 Å². The number of aryl methyl sites for hydroxylation is 1. The second-order valence-corrected chi connectivity index (χ2v) is 6.46. The summed E-state index contributed by atoms with van der Waals surface area (Å²) in [5.74, 6) is 1.16. The van der Waals surface area contributed by atoms with Crippen LogP contribution in [-0.4, -0.2) is 11.7 Å². The highest BCUT2D eigenvalue weighted by Crippen LogP contribution is 2.25. The van der Waals surface area contributed by atoms with E-state index in [0.29, 0.717) is 21.5 Å². The van der Waals surface area contributed by atoms with Crippen molar-refractivity contribution in [2.24, 2.45) is 0 Å². The molecule has 0 aliphatic heterocycles. The molecule has 2 rings (SSSR count). The van der Waals surface area contributed by atoms with Crippen molar-refractivity contribution in [2.75, 3.05) is 11.1 Å². The number of nitrogens with one attached hydrogen (secondary N) is 1. The summed E-state index contributed by atoms with van der Waals surface area (Å²) >= 11 is 13.3. The molecule has 110 valence electrons. The minimum absolute atomic E-state index is 0.0500. The summed E-state index contributed by atoms with van der Waals surface area (Å²) in [6.07, 6.45) is 0. The molecule has 5 heteroatoms. The minimum Gasteiger partial charge on any atom is -0.325 e. The molecule has 0 aliphatic carbocycles. The van der Waals surface area contributed by atoms with Gasteiger partial charge in [0.15, 0.2) is 0 Å². The predicted molar refractivity (Wildman–Crippen MR) is 92.4 cm³/mol. The van der Waals surface area contributed by atoms with E-state index in [1.165, 1.54) is 11.1 Å². The van der Waals surface area contributed by atoms with E-state index in [4.69, 9.17) is 23.2 Å². The molecule has 0 bridgehead atoms. The highest BCUT2D eigenvalue weighted by molar-refractivity contribution is 7.99. The molecule has 0 aromatic heterocycles. The number of carbonyl (C=O) groups is 1. The number of hydrogen-bond acceptors (Lipinski definition) is 2. The first-order valence-electron chi connectivity index (χ1n) is 6.43. The van der Waals surface area contributed by atoms with Gasteiger partial charge in [-0.15, -0.1) is 11.8 Å². The van der Waals surface area contributed by atoms with Gasteiger partial charge in [-0.1, -0.05) is 53.0 Å². The standard InChI is InChI=1S/C16H15Cl2NOS/c1-11-3-2-4-12(7-11)9-21-10-16(20)19-13-5-6-14(17)15(18)8-13/h2-8H,9-10H2,1H3,(H,19,20). The topological polar surface area (TPSA) is 29.1 Å². The Kier molecular flexibility index (Phi) is 5.97. The molecule has 0 heterocycles. The summed E-state index contributed by atoms with van der Waals surface area (Å²) in [4.78, 5) is 11.9. The Labute approximate surface area is 138 Å². The molecule has 2 nitrogen and oxygen atoms in total. The lowest BCUT2D eigenvalue weighted by Crippen LogP contribution is -2.14. The fourth-order valence-electron chi connectivity index (χ4n) is 1.83. The van der Waals surface area contributed by atoms with Gasteiger partial charge in [0.05, 0.1) is 15.8 Å². The van der Waals surface area contributed by atoms with E-state index in [0.717, 1.165) is 5.75 Å². The van der Waals surface area contributed by atoms with Crippen molar-refractivity contribution < 1.29 is 4.79 Å². The van der Waals surface area contributed by atoms with E-state index < -0.39 is 0 Å². The van der Waals surface area contributed by atoms with E-state index in [-0.39, 0.29) is 5.91 Å². The Bertz CT molecular complexity index is 646. The van der Waals surface area contributed by atoms with Gasteiger partial charge in [-0.3, -0.25) is 4.79 Å². The first-order valence-corrected chi connectivity index (χ1v) is 8.34. The van der Waals surface area contributed by atoms with Gasteiger partial charge in [-0.05, 0) is 30.7 Å². The number of amides is 1. The van der Waals surface area contributed by atoms with Gasteiger partial charge in [0.25, 0.3) is 0 Å². The summed E-state index contributed by atoms with van der Waals surface area (Å²) in [6.45, 7) is 2.06. The number of hydrogen-bond donors (Lipinski definition) is 1. The van der Waals surface area contributed by atoms with Crippen LogP contribution in [0.4, 0.5) is 5.69 Å². The SMILES string of the molecule is Cc1cccc(CSCC(=O)Nc2ccc(Cl)c(Cl)c2)c1. The smallest absolute Gasteiger partial charge is 0.234 e. The lowest BCUT2D eigenvalue weighted by Gasteiger charge is -2.06. The van der Waals surface area contributed by atoms with Crippen LogP contribution >= 0.6 is 35.0 Å². The summed E-state index contributed by atoms with van der Waals surface area (Å²) < 4.78 is 0. The molecule has 0 aliphatic rings. The van der Waals surface area contributed by atoms with Crippen LogP contribution in [0, 0.1) is 6.92 Å². The average molecular weight is 340 g/mol. The largest absolute Gasteiger partial charge is 0.325 e. The lowest BCUT2D eigenvalue weighted by atomic mass is 10.2. The zero-order valence-corrected chi connectivity index (χ0v) is 13.9. The minimum atomic E-state index is -0.0500. The molecule has 0 unspecified atom stereocenters. The second-order valence-electron chi connectivity index (χ2n) is 4.66. The normalized spacial score (nSPS) is 10.4. The molecule has 0 fully saturated rings. The molecule has 0 spiro atoms. The first-order chi connectivity index (χ1) is 10.0. The molecule has 2 aromatic rings. The highest BCUT2D eigenvalue weighted by atomic mass is 35.5. The fourth-order valence-corrected chi connectivity index (χ4v) is 2.91. The molecule has 1 N–H and O–H groups in total. The van der Waals surface area contributed by atoms with Crippen molar-refractivity contribution in [1.29, 1.82) is 0 Å². The van der Waals surface area contributed by atoms with Gasteiger partial charge in [-0.25, -0.2) is 0 Å². The molecule has 2 aromatic carbocycles. The molecular weight excluding hydrogens is 325 g/mol. The Morgan fingerprint density at radius 2 is 1.95 bits per heavy atom. The average Bonchev–Trinajstić information content (AvgIpc) is 2.43. The Morgan fingerprint density at radius 3 is 2.67 bits per heavy atom. The van der Waals surface area contributed by atoms with Crippen LogP contribution in [0.2, 0.25) is 10.0 Å². The number of rotatable bonds is 5. The van der Waals surface area contributed by atoms with Crippen LogP contribution in [0.5, 0.6) is 0 Å². The Balaban J connectivity index is 1.81. The Hall–Kier alpha value is -1.16. The van der Waals surface area contributed by atoms with Crippen molar-refractivity contribution >= 4 is 46.6 Å². The predicted octanol–water partition coefficient (Wildman–Crippen LogP) is 5.17. The first kappa shape index (κ1) is 16.2. The summed E-state index contributed by atoms with van der Waals surface area (Å²) in [5, 5.41) is 3.71. The summed E-state index contributed by atoms with van der Waals surface area (Å²) in [7, 11) is 0. The van der Waals surface area contributed by atoms with E-state index >= 15 is 0 Å². The van der Waals surface area contributed by atoms with E-state index in [9.17, 15) is 4.79 Å². The third-order valence-electron chi connectivity index (χ3n) is 2.79. The molecule has 1 amide bonds. The second kappa shape index (κ2) is 7.74. The maximum atomic E-state index is 11.9. The van der Waals surface area contributed by atoms with Gasteiger partial charge in [0, 0.05) is 11.4 Å². The molecule has 21 heavy (non-hydrogen) atoms. The van der Waals surface area contributed by atoms with Gasteiger partial charge in [-0.2, -0.15) is 0 Å².